The van der Waals surface area contributed by atoms with Gasteiger partial charge in [0, 0.05) is 78.0 Å². The predicted octanol–water partition coefficient (Wildman–Crippen LogP) is 8.25. The lowest BCUT2D eigenvalue weighted by atomic mass is 10.1. The zero-order chi connectivity index (χ0) is 50.8. The summed E-state index contributed by atoms with van der Waals surface area (Å²) < 4.78 is 0. The van der Waals surface area contributed by atoms with Crippen LogP contribution in [0.5, 0.6) is 0 Å². The van der Waals surface area contributed by atoms with Crippen LogP contribution in [0.1, 0.15) is 187 Å². The number of thiol groups is 2. The summed E-state index contributed by atoms with van der Waals surface area (Å²) in [7, 11) is 0. The third-order valence-electron chi connectivity index (χ3n) is 11.3. The lowest BCUT2D eigenvalue weighted by Crippen LogP contribution is -2.45. The normalized spacial score (nSPS) is 12.6. The van der Waals surface area contributed by atoms with E-state index in [4.69, 9.17) is 5.73 Å². The first kappa shape index (κ1) is 65.4. The average molecular weight is 1010 g/mol. The highest BCUT2D eigenvalue weighted by atomic mass is 32.1. The molecule has 396 valence electrons. The predicted molar refractivity (Wildman–Crippen MR) is 292 cm³/mol. The van der Waals surface area contributed by atoms with E-state index in [1.165, 1.54) is 51.4 Å². The van der Waals surface area contributed by atoms with Crippen molar-refractivity contribution in [3.63, 3.8) is 0 Å². The topological polar surface area (TPSA) is 204 Å². The molecule has 6 amide bonds. The van der Waals surface area contributed by atoms with Crippen molar-refractivity contribution < 1.29 is 28.8 Å². The minimum Gasteiger partial charge on any atom is -0.356 e. The van der Waals surface area contributed by atoms with Crippen molar-refractivity contribution >= 4 is 60.7 Å². The molecule has 0 spiro atoms. The molecule has 0 heterocycles. The number of allylic oxidation sites excluding steroid dienone is 8. The quantitative estimate of drug-likeness (QED) is 0.0125. The Morgan fingerprint density at radius 1 is 0.420 bits per heavy atom. The fraction of sp³-hybridized carbons (Fsp3) is 0.736. The van der Waals surface area contributed by atoms with Crippen LogP contribution in [-0.4, -0.2) is 103 Å². The van der Waals surface area contributed by atoms with Crippen LogP contribution in [0.25, 0.3) is 0 Å². The first-order valence-corrected chi connectivity index (χ1v) is 27.6. The summed E-state index contributed by atoms with van der Waals surface area (Å²) >= 11 is 8.48. The van der Waals surface area contributed by atoms with Gasteiger partial charge in [-0.1, -0.05) is 127 Å². The maximum Gasteiger partial charge on any atom is 0.252 e. The fourth-order valence-electron chi connectivity index (χ4n) is 7.10. The SMILES string of the molecule is CCCCC/C=C\C/C=C\CCCCCCCC(=O)NC(S)C(=O)NCCCNC(=O)CCN(CCN)CCC(=O)NCCNC(=O)C(S)NC(=O)CCCCCCC/C=C\C/C=C\CCCCC. The summed E-state index contributed by atoms with van der Waals surface area (Å²) in [6.45, 7) is 7.24. The molecule has 0 aromatic rings. The number of nitrogens with zero attached hydrogens (tertiary/aromatic N) is 1. The average Bonchev–Trinajstić information content (AvgIpc) is 3.33. The zero-order valence-electron chi connectivity index (χ0n) is 42.9. The molecule has 0 aliphatic rings. The molecule has 0 bridgehead atoms. The number of hydrogen-bond acceptors (Lipinski definition) is 10. The van der Waals surface area contributed by atoms with Gasteiger partial charge < -0.3 is 42.5 Å². The molecule has 2 unspecified atom stereocenters. The summed E-state index contributed by atoms with van der Waals surface area (Å²) in [5.74, 6) is -1.61. The highest BCUT2D eigenvalue weighted by Crippen LogP contribution is 2.10. The van der Waals surface area contributed by atoms with Crippen LogP contribution in [0.4, 0.5) is 0 Å². The van der Waals surface area contributed by atoms with Gasteiger partial charge >= 0.3 is 0 Å². The van der Waals surface area contributed by atoms with E-state index in [2.05, 4.69) is 120 Å². The van der Waals surface area contributed by atoms with E-state index in [-0.39, 0.29) is 49.6 Å². The van der Waals surface area contributed by atoms with E-state index < -0.39 is 22.6 Å². The second-order valence-corrected chi connectivity index (χ2v) is 18.7. The van der Waals surface area contributed by atoms with Crippen molar-refractivity contribution in [1.82, 2.24) is 36.8 Å². The molecule has 69 heavy (non-hydrogen) atoms. The van der Waals surface area contributed by atoms with Gasteiger partial charge in [-0.3, -0.25) is 28.8 Å². The van der Waals surface area contributed by atoms with Crippen LogP contribution in [0.15, 0.2) is 48.6 Å². The van der Waals surface area contributed by atoms with Gasteiger partial charge in [-0.05, 0) is 83.5 Å². The highest BCUT2D eigenvalue weighted by Gasteiger charge is 2.17. The van der Waals surface area contributed by atoms with Crippen molar-refractivity contribution in [2.75, 3.05) is 52.4 Å². The molecule has 16 heteroatoms. The van der Waals surface area contributed by atoms with Gasteiger partial charge in [-0.25, -0.2) is 0 Å². The Balaban J connectivity index is 3.97. The number of unbranched alkanes of at least 4 members (excludes halogenated alkanes) is 16. The number of carbonyl (C=O) groups excluding carboxylic acids is 6. The summed E-state index contributed by atoms with van der Waals surface area (Å²) in [6, 6.07) is 0. The number of rotatable bonds is 47. The monoisotopic (exact) mass is 1000 g/mol. The van der Waals surface area contributed by atoms with Gasteiger partial charge in [0.25, 0.3) is 11.8 Å². The van der Waals surface area contributed by atoms with Crippen LogP contribution in [0.2, 0.25) is 0 Å². The molecule has 0 rings (SSSR count). The van der Waals surface area contributed by atoms with Crippen LogP contribution < -0.4 is 37.6 Å². The summed E-state index contributed by atoms with van der Waals surface area (Å²) in [4.78, 5) is 76.4. The molecule has 0 radical (unpaired) electrons. The third-order valence-corrected chi connectivity index (χ3v) is 12.0. The number of nitrogens with two attached hydrogens (primary N) is 1. The first-order chi connectivity index (χ1) is 33.5. The van der Waals surface area contributed by atoms with E-state index in [0.717, 1.165) is 89.9 Å². The van der Waals surface area contributed by atoms with E-state index >= 15 is 0 Å². The fourth-order valence-corrected chi connectivity index (χ4v) is 7.57. The van der Waals surface area contributed by atoms with Gasteiger partial charge in [0.15, 0.2) is 10.7 Å². The molecule has 2 atom stereocenters. The summed E-state index contributed by atoms with van der Waals surface area (Å²) in [5.41, 5.74) is 5.77. The maximum atomic E-state index is 12.5. The number of amides is 6. The number of hydrogen-bond donors (Lipinski definition) is 9. The smallest absolute Gasteiger partial charge is 0.252 e. The second kappa shape index (κ2) is 49.4. The minimum absolute atomic E-state index is 0.156. The molecule has 14 nitrogen and oxygen atoms in total. The molecule has 0 saturated heterocycles. The minimum atomic E-state index is -0.975. The highest BCUT2D eigenvalue weighted by molar-refractivity contribution is 7.82. The molecular formula is C53H96N8O6S2. The van der Waals surface area contributed by atoms with Gasteiger partial charge in [0.05, 0.1) is 0 Å². The Labute approximate surface area is 429 Å². The molecule has 8 N–H and O–H groups in total. The van der Waals surface area contributed by atoms with Crippen LogP contribution in [-0.2, 0) is 28.8 Å². The Bertz CT molecular complexity index is 1460. The summed E-state index contributed by atoms with van der Waals surface area (Å²) in [5, 5.41) is 14.4. The van der Waals surface area contributed by atoms with Crippen LogP contribution >= 0.6 is 25.3 Å². The largest absolute Gasteiger partial charge is 0.356 e. The Kier molecular flexibility index (Phi) is 46.8. The Morgan fingerprint density at radius 2 is 0.783 bits per heavy atom. The van der Waals surface area contributed by atoms with Gasteiger partial charge in [-0.15, -0.1) is 25.3 Å². The van der Waals surface area contributed by atoms with E-state index in [1.807, 2.05) is 4.90 Å². The molecule has 0 aromatic heterocycles. The second-order valence-electron chi connectivity index (χ2n) is 17.7. The molecule has 0 aliphatic heterocycles. The van der Waals surface area contributed by atoms with Crippen LogP contribution in [0, 0.1) is 0 Å². The van der Waals surface area contributed by atoms with Crippen molar-refractivity contribution in [3.05, 3.63) is 48.6 Å². The Hall–Kier alpha value is -3.60. The lowest BCUT2D eigenvalue weighted by Gasteiger charge is -2.21. The molecule has 0 saturated carbocycles. The molecule has 0 fully saturated rings. The van der Waals surface area contributed by atoms with Crippen molar-refractivity contribution in [2.24, 2.45) is 5.73 Å². The maximum absolute atomic E-state index is 12.5. The van der Waals surface area contributed by atoms with Crippen LogP contribution in [0.3, 0.4) is 0 Å². The lowest BCUT2D eigenvalue weighted by molar-refractivity contribution is -0.127. The van der Waals surface area contributed by atoms with E-state index in [9.17, 15) is 28.8 Å². The molecular weight excluding hydrogens is 909 g/mol. The van der Waals surface area contributed by atoms with Gasteiger partial charge in [0.2, 0.25) is 23.6 Å². The molecule has 0 aromatic carbocycles. The van der Waals surface area contributed by atoms with Gasteiger partial charge in [-0.2, -0.15) is 0 Å². The Morgan fingerprint density at radius 3 is 1.22 bits per heavy atom. The number of nitrogens with one attached hydrogen (secondary N) is 6. The van der Waals surface area contributed by atoms with E-state index in [1.54, 1.807) is 0 Å². The van der Waals surface area contributed by atoms with Gasteiger partial charge in [0.1, 0.15) is 0 Å². The number of carbonyl (C=O) groups is 6. The standard InChI is InChI=1S/C53H96N8O6S2/c1-3-5-7-9-11-13-15-17-19-21-23-25-27-29-31-34-48(64)59-52(68)50(66)57-40-33-39-55-46(62)36-43-61(45-38-54)44-37-47(63)56-41-42-58-51(67)53(69)60-49(65)35-32-30-28-26-24-22-20-18-16-14-12-10-8-6-4-2/h11-14,17-20,52-53,68-69H,3-10,15-16,21-45,54H2,1-2H3,(H,55,62)(H,56,63)(H,57,66)(H,58,67)(H,59,64)(H,60,65)/b13-11-,14-12-,19-17-,20-18-. The summed E-state index contributed by atoms with van der Waals surface area (Å²) in [6.07, 6.45) is 44.0. The molecule has 0 aliphatic carbocycles. The van der Waals surface area contributed by atoms with Crippen molar-refractivity contribution in [1.29, 1.82) is 0 Å². The van der Waals surface area contributed by atoms with E-state index in [0.29, 0.717) is 58.5 Å². The third kappa shape index (κ3) is 45.3. The van der Waals surface area contributed by atoms with Crippen molar-refractivity contribution in [2.45, 2.75) is 198 Å². The van der Waals surface area contributed by atoms with Crippen molar-refractivity contribution in [3.8, 4) is 0 Å². The zero-order valence-corrected chi connectivity index (χ0v) is 44.7. The first-order valence-electron chi connectivity index (χ1n) is 26.6.